The smallest absolute Gasteiger partial charge is 0.255 e. The maximum Gasteiger partial charge on any atom is 0.255 e. The molecule has 1 aromatic heterocycles. The zero-order chi connectivity index (χ0) is 45.0. The average Bonchev–Trinajstić information content (AvgIpc) is 3.94. The molecular formula is C50H61FN8O5S. The van der Waals surface area contributed by atoms with Gasteiger partial charge < -0.3 is 34.1 Å². The number of carbonyl (C=O) groups excluding carboxylic acids is 4. The molecule has 5 saturated heterocycles. The minimum absolute atomic E-state index is 0.0679. The third-order valence-corrected chi connectivity index (χ3v) is 16.7. The number of piperazine rings is 1. The summed E-state index contributed by atoms with van der Waals surface area (Å²) in [5.74, 6) is 0.872. The van der Waals surface area contributed by atoms with Crippen molar-refractivity contribution >= 4 is 62.3 Å². The van der Waals surface area contributed by atoms with Gasteiger partial charge in [-0.3, -0.25) is 24.5 Å². The summed E-state index contributed by atoms with van der Waals surface area (Å²) in [6, 6.07) is 14.6. The Morgan fingerprint density at radius 2 is 1.49 bits per heavy atom. The number of fused-ring (bicyclic) bond motifs is 2. The Morgan fingerprint density at radius 1 is 0.815 bits per heavy atom. The molecule has 10 rings (SSSR count). The van der Waals surface area contributed by atoms with E-state index in [1.54, 1.807) is 18.1 Å². The van der Waals surface area contributed by atoms with Crippen LogP contribution in [0.3, 0.4) is 0 Å². The quantitative estimate of drug-likeness (QED) is 0.119. The first-order valence-corrected chi connectivity index (χ1v) is 24.6. The molecule has 6 aliphatic heterocycles. The monoisotopic (exact) mass is 904 g/mol. The SMILES string of the molecule is CCC1(CC)C(=O)N(c2cccc3cnsc23)[C@H]1c1cc(F)c(N2CCC(CN3CCN(CC4CCN(c5ccc6c(c5)CN([C@H]5CCC(=O)NC5=O)C6=O)CC4)CC3)CC2)cc1OC. The van der Waals surface area contributed by atoms with Gasteiger partial charge in [-0.25, -0.2) is 4.39 Å². The normalized spacial score (nSPS) is 23.6. The van der Waals surface area contributed by atoms with Crippen LogP contribution < -0.4 is 24.8 Å². The van der Waals surface area contributed by atoms with E-state index in [-0.39, 0.29) is 41.9 Å². The number of halogens is 1. The van der Waals surface area contributed by atoms with Crippen molar-refractivity contribution in [3.8, 4) is 5.75 Å². The lowest BCUT2D eigenvalue weighted by Crippen LogP contribution is -2.63. The summed E-state index contributed by atoms with van der Waals surface area (Å²) in [4.78, 5) is 64.7. The largest absolute Gasteiger partial charge is 0.496 e. The molecular weight excluding hydrogens is 844 g/mol. The Balaban J connectivity index is 0.694. The van der Waals surface area contributed by atoms with Gasteiger partial charge in [0.05, 0.1) is 34.6 Å². The molecule has 0 spiro atoms. The number of imide groups is 1. The number of rotatable bonds is 12. The summed E-state index contributed by atoms with van der Waals surface area (Å²) in [5, 5.41) is 3.38. The molecule has 1 N–H and O–H groups in total. The number of nitrogens with zero attached hydrogens (tertiary/aromatic N) is 7. The maximum atomic E-state index is 16.4. The van der Waals surface area contributed by atoms with Gasteiger partial charge in [-0.2, -0.15) is 4.37 Å². The number of carbonyl (C=O) groups is 4. The Labute approximate surface area is 385 Å². The number of hydrogen-bond acceptors (Lipinski definition) is 11. The molecule has 0 saturated carbocycles. The second-order valence-corrected chi connectivity index (χ2v) is 20.0. The lowest BCUT2D eigenvalue weighted by atomic mass is 9.64. The van der Waals surface area contributed by atoms with Gasteiger partial charge in [0.1, 0.15) is 17.6 Å². The van der Waals surface area contributed by atoms with Crippen LogP contribution in [0.1, 0.15) is 92.7 Å². The molecule has 7 heterocycles. The average molecular weight is 905 g/mol. The minimum atomic E-state index is -0.640. The molecule has 0 radical (unpaired) electrons. The molecule has 6 aliphatic rings. The van der Waals surface area contributed by atoms with Crippen molar-refractivity contribution in [2.75, 3.05) is 87.3 Å². The van der Waals surface area contributed by atoms with Gasteiger partial charge in [-0.15, -0.1) is 0 Å². The van der Waals surface area contributed by atoms with Gasteiger partial charge in [-0.1, -0.05) is 26.0 Å². The molecule has 15 heteroatoms. The molecule has 344 valence electrons. The Bertz CT molecular complexity index is 2470. The van der Waals surface area contributed by atoms with Gasteiger partial charge in [0.2, 0.25) is 17.7 Å². The number of methoxy groups -OCH3 is 1. The molecule has 65 heavy (non-hydrogen) atoms. The van der Waals surface area contributed by atoms with E-state index in [9.17, 15) is 19.2 Å². The Hall–Kier alpha value is -5.12. The number of ether oxygens (including phenoxy) is 1. The second-order valence-electron chi connectivity index (χ2n) is 19.2. The summed E-state index contributed by atoms with van der Waals surface area (Å²) in [6.45, 7) is 14.6. The zero-order valence-electron chi connectivity index (χ0n) is 37.9. The van der Waals surface area contributed by atoms with Crippen LogP contribution in [0.4, 0.5) is 21.5 Å². The Morgan fingerprint density at radius 3 is 2.14 bits per heavy atom. The van der Waals surface area contributed by atoms with Crippen molar-refractivity contribution in [2.24, 2.45) is 17.3 Å². The van der Waals surface area contributed by atoms with Gasteiger partial charge in [0.25, 0.3) is 5.91 Å². The van der Waals surface area contributed by atoms with E-state index in [4.69, 9.17) is 4.74 Å². The molecule has 4 aromatic rings. The highest BCUT2D eigenvalue weighted by molar-refractivity contribution is 7.14. The highest BCUT2D eigenvalue weighted by Gasteiger charge is 2.60. The number of hydrogen-bond donors (Lipinski definition) is 1. The molecule has 2 atom stereocenters. The fourth-order valence-electron chi connectivity index (χ4n) is 11.9. The van der Waals surface area contributed by atoms with Crippen LogP contribution in [-0.2, 0) is 20.9 Å². The van der Waals surface area contributed by atoms with Crippen LogP contribution in [0.5, 0.6) is 5.75 Å². The van der Waals surface area contributed by atoms with Crippen molar-refractivity contribution < 1.29 is 28.3 Å². The molecule has 13 nitrogen and oxygen atoms in total. The van der Waals surface area contributed by atoms with Crippen molar-refractivity contribution in [3.63, 3.8) is 0 Å². The van der Waals surface area contributed by atoms with E-state index < -0.39 is 11.5 Å². The first kappa shape index (κ1) is 43.8. The standard InChI is InChI=1S/C50H61FN8O5S/c1-4-50(5-2)46(59(49(50)63)40-8-6-7-34-28-52-65-45(34)40)38-26-39(51)42(27-43(38)64-3)57-19-15-33(16-20-57)30-55-23-21-54(22-24-55)29-32-13-17-56(18-14-32)36-9-10-37-35(25-36)31-58(48(37)62)41-11-12-44(60)53-47(41)61/h6-10,25-28,32-33,41,46H,4-5,11-24,29-31H2,1-3H3,(H,53,60,61)/t41-,46-/m0/s1. The maximum absolute atomic E-state index is 16.4. The molecule has 3 aromatic carbocycles. The summed E-state index contributed by atoms with van der Waals surface area (Å²) < 4.78 is 27.8. The van der Waals surface area contributed by atoms with E-state index in [1.165, 1.54) is 11.5 Å². The number of piperidine rings is 3. The molecule has 4 amide bonds. The van der Waals surface area contributed by atoms with E-state index >= 15 is 4.39 Å². The third-order valence-electron chi connectivity index (χ3n) is 15.8. The van der Waals surface area contributed by atoms with Crippen LogP contribution in [0, 0.1) is 23.1 Å². The first-order valence-electron chi connectivity index (χ1n) is 23.9. The van der Waals surface area contributed by atoms with E-state index in [0.29, 0.717) is 54.6 Å². The number of benzene rings is 3. The molecule has 5 fully saturated rings. The van der Waals surface area contributed by atoms with Crippen LogP contribution >= 0.6 is 11.5 Å². The number of aromatic nitrogens is 1. The summed E-state index contributed by atoms with van der Waals surface area (Å²) >= 11 is 1.38. The predicted octanol–water partition coefficient (Wildman–Crippen LogP) is 6.85. The lowest BCUT2D eigenvalue weighted by Gasteiger charge is -2.56. The summed E-state index contributed by atoms with van der Waals surface area (Å²) in [5.41, 5.74) is 4.22. The fraction of sp³-hybridized carbons (Fsp3) is 0.540. The van der Waals surface area contributed by atoms with Gasteiger partial charge in [-0.05, 0) is 104 Å². The van der Waals surface area contributed by atoms with Crippen LogP contribution in [0.2, 0.25) is 0 Å². The van der Waals surface area contributed by atoms with Crippen LogP contribution in [0.25, 0.3) is 10.1 Å². The van der Waals surface area contributed by atoms with Crippen LogP contribution in [-0.4, -0.2) is 121 Å². The number of amides is 4. The third kappa shape index (κ3) is 7.94. The zero-order valence-corrected chi connectivity index (χ0v) is 38.7. The van der Waals surface area contributed by atoms with Crippen LogP contribution in [0.15, 0.2) is 54.7 Å². The highest BCUT2D eigenvalue weighted by atomic mass is 32.1. The van der Waals surface area contributed by atoms with E-state index in [0.717, 1.165) is 124 Å². The first-order chi connectivity index (χ1) is 31.6. The van der Waals surface area contributed by atoms with Crippen molar-refractivity contribution in [1.82, 2.24) is 24.4 Å². The van der Waals surface area contributed by atoms with Crippen molar-refractivity contribution in [1.29, 1.82) is 0 Å². The minimum Gasteiger partial charge on any atom is -0.496 e. The highest BCUT2D eigenvalue weighted by Crippen LogP contribution is 2.59. The van der Waals surface area contributed by atoms with Crippen molar-refractivity contribution in [3.05, 3.63) is 77.2 Å². The molecule has 0 bridgehead atoms. The Kier molecular flexibility index (Phi) is 12.1. The van der Waals surface area contributed by atoms with Gasteiger partial charge >= 0.3 is 0 Å². The number of anilines is 3. The fourth-order valence-corrected chi connectivity index (χ4v) is 12.7. The van der Waals surface area contributed by atoms with Gasteiger partial charge in [0, 0.05) is 113 Å². The van der Waals surface area contributed by atoms with Gasteiger partial charge in [0.15, 0.2) is 0 Å². The predicted molar refractivity (Wildman–Crippen MR) is 251 cm³/mol. The lowest BCUT2D eigenvalue weighted by molar-refractivity contribution is -0.141. The summed E-state index contributed by atoms with van der Waals surface area (Å²) in [6.07, 6.45) is 8.05. The number of β-lactam (4-membered cyclic amide) rings is 1. The van der Waals surface area contributed by atoms with E-state index in [1.807, 2.05) is 47.5 Å². The second kappa shape index (κ2) is 17.9. The van der Waals surface area contributed by atoms with Crippen molar-refractivity contribution in [2.45, 2.75) is 83.8 Å². The molecule has 0 unspecified atom stereocenters. The molecule has 0 aliphatic carbocycles. The number of nitrogens with one attached hydrogen (secondary N) is 1. The topological polar surface area (TPSA) is 122 Å². The van der Waals surface area contributed by atoms with E-state index in [2.05, 4.69) is 49.2 Å². The summed E-state index contributed by atoms with van der Waals surface area (Å²) in [7, 11) is 1.65.